The number of carbonyl (C=O) groups excluding carboxylic acids is 1. The number of carbonyl (C=O) groups is 1. The summed E-state index contributed by atoms with van der Waals surface area (Å²) in [5.74, 6) is 0. The van der Waals surface area contributed by atoms with Crippen molar-refractivity contribution in [3.63, 3.8) is 0 Å². The molecular formula is C23H26O3. The Balaban J connectivity index is 1.58. The van der Waals surface area contributed by atoms with Crippen molar-refractivity contribution in [2.75, 3.05) is 13.2 Å². The van der Waals surface area contributed by atoms with Crippen LogP contribution in [0.5, 0.6) is 0 Å². The van der Waals surface area contributed by atoms with Crippen molar-refractivity contribution in [1.29, 1.82) is 0 Å². The molecule has 3 rings (SSSR count). The van der Waals surface area contributed by atoms with Gasteiger partial charge in [-0.15, -0.1) is 0 Å². The van der Waals surface area contributed by atoms with Crippen molar-refractivity contribution < 1.29 is 14.3 Å². The topological polar surface area (TPSA) is 35.5 Å². The monoisotopic (exact) mass is 350 g/mol. The number of ether oxygens (including phenoxy) is 2. The molecule has 1 aliphatic carbocycles. The van der Waals surface area contributed by atoms with E-state index in [1.807, 2.05) is 43.3 Å². The highest BCUT2D eigenvalue weighted by molar-refractivity contribution is 5.75. The molecule has 0 saturated heterocycles. The number of hydrogen-bond acceptors (Lipinski definition) is 3. The van der Waals surface area contributed by atoms with E-state index in [0.717, 1.165) is 41.4 Å². The molecule has 0 saturated carbocycles. The van der Waals surface area contributed by atoms with Crippen LogP contribution in [-0.4, -0.2) is 19.5 Å². The van der Waals surface area contributed by atoms with Crippen molar-refractivity contribution in [3.05, 3.63) is 82.9 Å². The van der Waals surface area contributed by atoms with E-state index in [2.05, 4.69) is 24.3 Å². The van der Waals surface area contributed by atoms with E-state index in [1.54, 1.807) is 0 Å². The number of allylic oxidation sites excluding steroid dienone is 2. The van der Waals surface area contributed by atoms with Crippen LogP contribution in [0.1, 0.15) is 30.9 Å². The standard InChI is InChI=1S/C23H26O3/c1-19-12-23(13-22(19)14-24,17-25-15-20-8-4-2-5-9-20)18-26-16-21-10-6-3-7-11-21/h2-11,14H,12-13,15-18H2,1H3. The minimum Gasteiger partial charge on any atom is -0.376 e. The molecule has 0 N–H and O–H groups in total. The first-order valence-corrected chi connectivity index (χ1v) is 9.08. The average Bonchev–Trinajstić information content (AvgIpc) is 2.99. The smallest absolute Gasteiger partial charge is 0.145 e. The van der Waals surface area contributed by atoms with Crippen LogP contribution in [0.25, 0.3) is 0 Å². The molecule has 0 aliphatic heterocycles. The lowest BCUT2D eigenvalue weighted by Crippen LogP contribution is -2.30. The fourth-order valence-electron chi connectivity index (χ4n) is 3.60. The second kappa shape index (κ2) is 8.93. The third-order valence-electron chi connectivity index (χ3n) is 4.94. The van der Waals surface area contributed by atoms with Crippen LogP contribution in [0.2, 0.25) is 0 Å². The van der Waals surface area contributed by atoms with Gasteiger partial charge in [0.05, 0.1) is 26.4 Å². The van der Waals surface area contributed by atoms with Crippen LogP contribution in [0.4, 0.5) is 0 Å². The van der Waals surface area contributed by atoms with Gasteiger partial charge in [-0.05, 0) is 36.5 Å². The lowest BCUT2D eigenvalue weighted by Gasteiger charge is -2.29. The highest BCUT2D eigenvalue weighted by atomic mass is 16.5. The zero-order valence-electron chi connectivity index (χ0n) is 15.3. The molecule has 0 heterocycles. The van der Waals surface area contributed by atoms with Crippen molar-refractivity contribution in [1.82, 2.24) is 0 Å². The molecule has 1 aliphatic rings. The maximum Gasteiger partial charge on any atom is 0.145 e. The molecule has 0 aromatic heterocycles. The summed E-state index contributed by atoms with van der Waals surface area (Å²) in [5.41, 5.74) is 4.23. The van der Waals surface area contributed by atoms with Gasteiger partial charge in [0.1, 0.15) is 6.29 Å². The van der Waals surface area contributed by atoms with Crippen LogP contribution < -0.4 is 0 Å². The summed E-state index contributed by atoms with van der Waals surface area (Å²) in [7, 11) is 0. The lowest BCUT2D eigenvalue weighted by molar-refractivity contribution is -0.105. The molecule has 0 amide bonds. The van der Waals surface area contributed by atoms with Crippen LogP contribution in [0.3, 0.4) is 0 Å². The molecule has 2 aromatic carbocycles. The maximum atomic E-state index is 11.4. The van der Waals surface area contributed by atoms with Gasteiger partial charge in [0.25, 0.3) is 0 Å². The van der Waals surface area contributed by atoms with Crippen LogP contribution in [-0.2, 0) is 27.5 Å². The second-order valence-corrected chi connectivity index (χ2v) is 7.23. The van der Waals surface area contributed by atoms with E-state index >= 15 is 0 Å². The number of aldehydes is 1. The first kappa shape index (κ1) is 18.6. The fourth-order valence-corrected chi connectivity index (χ4v) is 3.60. The Morgan fingerprint density at radius 1 is 0.846 bits per heavy atom. The quantitative estimate of drug-likeness (QED) is 0.614. The van der Waals surface area contributed by atoms with Crippen LogP contribution in [0.15, 0.2) is 71.8 Å². The summed E-state index contributed by atoms with van der Waals surface area (Å²) in [6, 6.07) is 20.3. The normalized spacial score (nSPS) is 16.0. The summed E-state index contributed by atoms with van der Waals surface area (Å²) in [4.78, 5) is 11.4. The third kappa shape index (κ3) is 4.90. The third-order valence-corrected chi connectivity index (χ3v) is 4.94. The number of rotatable bonds is 9. The summed E-state index contributed by atoms with van der Waals surface area (Å²) in [6.45, 7) is 4.38. The lowest BCUT2D eigenvalue weighted by atomic mass is 9.85. The Kier molecular flexibility index (Phi) is 6.37. The Morgan fingerprint density at radius 2 is 1.35 bits per heavy atom. The molecule has 26 heavy (non-hydrogen) atoms. The van der Waals surface area contributed by atoms with E-state index < -0.39 is 0 Å². The summed E-state index contributed by atoms with van der Waals surface area (Å²) in [5, 5.41) is 0. The molecule has 0 spiro atoms. The Labute approximate surface area is 155 Å². The minimum absolute atomic E-state index is 0.149. The molecule has 0 bridgehead atoms. The largest absolute Gasteiger partial charge is 0.376 e. The number of benzene rings is 2. The van der Waals surface area contributed by atoms with Gasteiger partial charge in [-0.1, -0.05) is 66.2 Å². The molecule has 3 heteroatoms. The first-order valence-electron chi connectivity index (χ1n) is 9.08. The van der Waals surface area contributed by atoms with Crippen molar-refractivity contribution in [2.45, 2.75) is 33.0 Å². The Bertz CT molecular complexity index is 689. The van der Waals surface area contributed by atoms with E-state index in [4.69, 9.17) is 9.47 Å². The zero-order valence-corrected chi connectivity index (χ0v) is 15.3. The molecular weight excluding hydrogens is 324 g/mol. The van der Waals surface area contributed by atoms with Gasteiger partial charge in [0.2, 0.25) is 0 Å². The summed E-state index contributed by atoms with van der Waals surface area (Å²) < 4.78 is 12.1. The second-order valence-electron chi connectivity index (χ2n) is 7.23. The maximum absolute atomic E-state index is 11.4. The van der Waals surface area contributed by atoms with Gasteiger partial charge in [-0.25, -0.2) is 0 Å². The van der Waals surface area contributed by atoms with Crippen molar-refractivity contribution >= 4 is 6.29 Å². The van der Waals surface area contributed by atoms with Crippen LogP contribution >= 0.6 is 0 Å². The minimum atomic E-state index is -0.149. The van der Waals surface area contributed by atoms with Gasteiger partial charge in [-0.3, -0.25) is 4.79 Å². The predicted molar refractivity (Wildman–Crippen MR) is 103 cm³/mol. The first-order chi connectivity index (χ1) is 12.7. The highest BCUT2D eigenvalue weighted by Gasteiger charge is 2.38. The van der Waals surface area contributed by atoms with Gasteiger partial charge >= 0.3 is 0 Å². The average molecular weight is 350 g/mol. The molecule has 136 valence electrons. The van der Waals surface area contributed by atoms with Crippen molar-refractivity contribution in [2.24, 2.45) is 5.41 Å². The molecule has 2 aromatic rings. The van der Waals surface area contributed by atoms with E-state index in [1.165, 1.54) is 0 Å². The molecule has 0 atom stereocenters. The highest BCUT2D eigenvalue weighted by Crippen LogP contribution is 2.42. The molecule has 0 unspecified atom stereocenters. The van der Waals surface area contributed by atoms with Crippen molar-refractivity contribution in [3.8, 4) is 0 Å². The molecule has 0 radical (unpaired) electrons. The predicted octanol–water partition coefficient (Wildman–Crippen LogP) is 4.72. The SMILES string of the molecule is CC1=C(C=O)CC(COCc2ccccc2)(COCc2ccccc2)C1. The van der Waals surface area contributed by atoms with Crippen LogP contribution in [0, 0.1) is 5.41 Å². The van der Waals surface area contributed by atoms with E-state index in [9.17, 15) is 4.79 Å². The number of hydrogen-bond donors (Lipinski definition) is 0. The molecule has 0 fully saturated rings. The van der Waals surface area contributed by atoms with Gasteiger partial charge in [0, 0.05) is 5.41 Å². The van der Waals surface area contributed by atoms with Gasteiger partial charge in [0.15, 0.2) is 0 Å². The van der Waals surface area contributed by atoms with E-state index in [-0.39, 0.29) is 5.41 Å². The fraction of sp³-hybridized carbons (Fsp3) is 0.348. The molecule has 3 nitrogen and oxygen atoms in total. The Hall–Kier alpha value is -2.23. The zero-order chi connectivity index (χ0) is 18.2. The van der Waals surface area contributed by atoms with Gasteiger partial charge in [-0.2, -0.15) is 0 Å². The van der Waals surface area contributed by atoms with Gasteiger partial charge < -0.3 is 9.47 Å². The summed E-state index contributed by atoms with van der Waals surface area (Å²) in [6.07, 6.45) is 2.57. The summed E-state index contributed by atoms with van der Waals surface area (Å²) >= 11 is 0. The van der Waals surface area contributed by atoms with E-state index in [0.29, 0.717) is 26.4 Å². The Morgan fingerprint density at radius 3 is 1.77 bits per heavy atom.